The van der Waals surface area contributed by atoms with Crippen molar-refractivity contribution in [2.75, 3.05) is 4.90 Å². The second kappa shape index (κ2) is 8.60. The van der Waals surface area contributed by atoms with Crippen LogP contribution in [0.2, 0.25) is 5.02 Å². The lowest BCUT2D eigenvalue weighted by Gasteiger charge is -2.23. The molecule has 0 bridgehead atoms. The summed E-state index contributed by atoms with van der Waals surface area (Å²) in [5, 5.41) is 10.1. The first-order chi connectivity index (χ1) is 14.1. The minimum absolute atomic E-state index is 0.0710. The number of hydrogen-bond acceptors (Lipinski definition) is 3. The van der Waals surface area contributed by atoms with Crippen LogP contribution in [0.1, 0.15) is 16.5 Å². The summed E-state index contributed by atoms with van der Waals surface area (Å²) in [6.07, 6.45) is 5.72. The smallest absolute Gasteiger partial charge is 0.266 e. The van der Waals surface area contributed by atoms with Gasteiger partial charge in [0.1, 0.15) is 11.1 Å². The summed E-state index contributed by atoms with van der Waals surface area (Å²) in [5.41, 5.74) is 2.79. The van der Waals surface area contributed by atoms with Crippen LogP contribution >= 0.6 is 23.4 Å². The minimum atomic E-state index is -0.208. The number of carbonyl (C=O) groups excluding carboxylic acids is 1. The highest BCUT2D eigenvalue weighted by Crippen LogP contribution is 2.48. The van der Waals surface area contributed by atoms with Gasteiger partial charge in [-0.05, 0) is 53.6 Å². The number of anilines is 1. The van der Waals surface area contributed by atoms with Crippen molar-refractivity contribution in [1.29, 1.82) is 0 Å². The average molecular weight is 420 g/mol. The topological polar surface area (TPSA) is 40.5 Å². The quantitative estimate of drug-likeness (QED) is 0.496. The van der Waals surface area contributed by atoms with Gasteiger partial charge in [-0.15, -0.1) is 0 Å². The van der Waals surface area contributed by atoms with Crippen LogP contribution in [0.4, 0.5) is 5.69 Å². The summed E-state index contributed by atoms with van der Waals surface area (Å²) in [6, 6.07) is 24.1. The molecular weight excluding hydrogens is 402 g/mol. The van der Waals surface area contributed by atoms with Gasteiger partial charge in [-0.1, -0.05) is 78.0 Å². The fraction of sp³-hybridized carbons (Fsp3) is 0.0417. The molecule has 4 rings (SSSR count). The van der Waals surface area contributed by atoms with Gasteiger partial charge in [0, 0.05) is 10.7 Å². The van der Waals surface area contributed by atoms with Gasteiger partial charge in [0.05, 0.1) is 4.91 Å². The van der Waals surface area contributed by atoms with E-state index < -0.39 is 0 Å². The first-order valence-electron chi connectivity index (χ1n) is 9.10. The summed E-state index contributed by atoms with van der Waals surface area (Å²) >= 11 is 7.54. The van der Waals surface area contributed by atoms with Crippen molar-refractivity contribution in [2.24, 2.45) is 0 Å². The number of phenols is 1. The molecule has 1 saturated heterocycles. The Morgan fingerprint density at radius 3 is 2.31 bits per heavy atom. The molecule has 1 fully saturated rings. The largest absolute Gasteiger partial charge is 0.508 e. The second-order valence-corrected chi connectivity index (χ2v) is 8.07. The Kier molecular flexibility index (Phi) is 5.74. The molecule has 3 aromatic carbocycles. The molecule has 1 aliphatic rings. The molecule has 1 amide bonds. The summed E-state index contributed by atoms with van der Waals surface area (Å²) < 4.78 is 0. The zero-order chi connectivity index (χ0) is 20.2. The van der Waals surface area contributed by atoms with Crippen molar-refractivity contribution in [3.63, 3.8) is 0 Å². The lowest BCUT2D eigenvalue weighted by molar-refractivity contribution is -0.114. The molecule has 144 valence electrons. The highest BCUT2D eigenvalue weighted by molar-refractivity contribution is 8.05. The molecule has 1 unspecified atom stereocenters. The predicted octanol–water partition coefficient (Wildman–Crippen LogP) is 6.42. The maximum atomic E-state index is 13.2. The van der Waals surface area contributed by atoms with Gasteiger partial charge in [-0.2, -0.15) is 0 Å². The first-order valence-corrected chi connectivity index (χ1v) is 10.4. The van der Waals surface area contributed by atoms with Crippen LogP contribution < -0.4 is 4.90 Å². The average Bonchev–Trinajstić information content (AvgIpc) is 3.06. The summed E-state index contributed by atoms with van der Waals surface area (Å²) in [5.74, 6) is 0.0935. The van der Waals surface area contributed by atoms with Crippen LogP contribution in [0.25, 0.3) is 6.08 Å². The van der Waals surface area contributed by atoms with E-state index >= 15 is 0 Å². The van der Waals surface area contributed by atoms with Crippen molar-refractivity contribution in [3.05, 3.63) is 112 Å². The molecule has 0 aliphatic carbocycles. The minimum Gasteiger partial charge on any atom is -0.508 e. The molecule has 1 aliphatic heterocycles. The van der Waals surface area contributed by atoms with E-state index in [0.717, 1.165) is 16.8 Å². The van der Waals surface area contributed by atoms with E-state index in [1.54, 1.807) is 29.2 Å². The molecule has 0 saturated carbocycles. The van der Waals surface area contributed by atoms with E-state index in [4.69, 9.17) is 11.6 Å². The lowest BCUT2D eigenvalue weighted by atomic mass is 10.2. The van der Waals surface area contributed by atoms with Gasteiger partial charge in [0.2, 0.25) is 0 Å². The van der Waals surface area contributed by atoms with E-state index in [2.05, 4.69) is 0 Å². The second-order valence-electron chi connectivity index (χ2n) is 6.51. The number of thioether (sulfide) groups is 1. The number of benzene rings is 3. The standard InChI is InChI=1S/C24H18ClNO2S/c25-19-11-9-18(10-12-19)24-26(20-13-15-21(27)16-14-20)23(28)22(29-24)8-4-7-17-5-2-1-3-6-17/h1-16,24,27H/b7-4+,22-8-. The third kappa shape index (κ3) is 4.39. The van der Waals surface area contributed by atoms with E-state index in [-0.39, 0.29) is 17.0 Å². The van der Waals surface area contributed by atoms with E-state index in [1.165, 1.54) is 11.8 Å². The van der Waals surface area contributed by atoms with Crippen molar-refractivity contribution in [3.8, 4) is 5.75 Å². The van der Waals surface area contributed by atoms with Crippen LogP contribution in [0, 0.1) is 0 Å². The van der Waals surface area contributed by atoms with Gasteiger partial charge >= 0.3 is 0 Å². The van der Waals surface area contributed by atoms with Crippen LogP contribution in [-0.2, 0) is 4.79 Å². The molecule has 1 N–H and O–H groups in total. The maximum absolute atomic E-state index is 13.2. The SMILES string of the molecule is O=C1/C(=C/C=C/c2ccccc2)SC(c2ccc(Cl)cc2)N1c1ccc(O)cc1. The van der Waals surface area contributed by atoms with Crippen LogP contribution in [0.5, 0.6) is 5.75 Å². The normalized spacial score (nSPS) is 18.1. The Labute approximate surface area is 178 Å². The molecule has 5 heteroatoms. The number of nitrogens with zero attached hydrogens (tertiary/aromatic N) is 1. The highest BCUT2D eigenvalue weighted by atomic mass is 35.5. The van der Waals surface area contributed by atoms with Gasteiger partial charge in [-0.3, -0.25) is 9.69 Å². The number of phenolic OH excluding ortho intramolecular Hbond substituents is 1. The molecular formula is C24H18ClNO2S. The van der Waals surface area contributed by atoms with E-state index in [9.17, 15) is 9.90 Å². The number of rotatable bonds is 4. The van der Waals surface area contributed by atoms with Gasteiger partial charge < -0.3 is 5.11 Å². The monoisotopic (exact) mass is 419 g/mol. The van der Waals surface area contributed by atoms with Gasteiger partial charge in [0.25, 0.3) is 5.91 Å². The lowest BCUT2D eigenvalue weighted by Crippen LogP contribution is -2.27. The van der Waals surface area contributed by atoms with Gasteiger partial charge in [-0.25, -0.2) is 0 Å². The van der Waals surface area contributed by atoms with Crippen LogP contribution in [-0.4, -0.2) is 11.0 Å². The van der Waals surface area contributed by atoms with Crippen molar-refractivity contribution in [2.45, 2.75) is 5.37 Å². The van der Waals surface area contributed by atoms with Crippen molar-refractivity contribution >= 4 is 41.0 Å². The Hall–Kier alpha value is -2.95. The summed E-state index contributed by atoms with van der Waals surface area (Å²) in [4.78, 5) is 15.6. The number of allylic oxidation sites excluding steroid dienone is 2. The molecule has 0 aromatic heterocycles. The molecule has 1 atom stereocenters. The molecule has 0 spiro atoms. The van der Waals surface area contributed by atoms with Crippen molar-refractivity contribution < 1.29 is 9.90 Å². The molecule has 3 aromatic rings. The number of carbonyl (C=O) groups is 1. The molecule has 3 nitrogen and oxygen atoms in total. The fourth-order valence-electron chi connectivity index (χ4n) is 3.08. The Morgan fingerprint density at radius 1 is 0.931 bits per heavy atom. The third-order valence-corrected chi connectivity index (χ3v) is 6.04. The molecule has 1 heterocycles. The number of hydrogen-bond donors (Lipinski definition) is 1. The Balaban J connectivity index is 1.67. The first kappa shape index (κ1) is 19.4. The fourth-order valence-corrected chi connectivity index (χ4v) is 4.42. The number of amides is 1. The summed E-state index contributed by atoms with van der Waals surface area (Å²) in [7, 11) is 0. The number of halogens is 1. The maximum Gasteiger partial charge on any atom is 0.266 e. The summed E-state index contributed by atoms with van der Waals surface area (Å²) in [6.45, 7) is 0. The molecule has 0 radical (unpaired) electrons. The predicted molar refractivity (Wildman–Crippen MR) is 121 cm³/mol. The highest BCUT2D eigenvalue weighted by Gasteiger charge is 2.37. The Bertz CT molecular complexity index is 1060. The molecule has 29 heavy (non-hydrogen) atoms. The zero-order valence-corrected chi connectivity index (χ0v) is 17.0. The van der Waals surface area contributed by atoms with Crippen molar-refractivity contribution in [1.82, 2.24) is 0 Å². The third-order valence-electron chi connectivity index (χ3n) is 4.52. The zero-order valence-electron chi connectivity index (χ0n) is 15.4. The van der Waals surface area contributed by atoms with E-state index in [1.807, 2.05) is 72.8 Å². The van der Waals surface area contributed by atoms with Crippen LogP contribution in [0.15, 0.2) is 95.9 Å². The van der Waals surface area contributed by atoms with Crippen LogP contribution in [0.3, 0.4) is 0 Å². The number of aromatic hydroxyl groups is 1. The Morgan fingerprint density at radius 2 is 1.62 bits per heavy atom. The van der Waals surface area contributed by atoms with Gasteiger partial charge in [0.15, 0.2) is 0 Å². The van der Waals surface area contributed by atoms with E-state index in [0.29, 0.717) is 9.93 Å².